The van der Waals surface area contributed by atoms with Crippen LogP contribution in [0.1, 0.15) is 47.8 Å². The fourth-order valence-corrected chi connectivity index (χ4v) is 8.22. The molecule has 1 saturated heterocycles. The van der Waals surface area contributed by atoms with E-state index in [2.05, 4.69) is 20.9 Å². The molecule has 6 rings (SSSR count). The highest BCUT2D eigenvalue weighted by Crippen LogP contribution is 2.42. The molecule has 0 aliphatic carbocycles. The molecule has 16 nitrogen and oxygen atoms in total. The molecule has 5 amide bonds. The molecule has 0 unspecified atom stereocenters. The van der Waals surface area contributed by atoms with E-state index in [1.807, 2.05) is 91.0 Å². The third-order valence-corrected chi connectivity index (χ3v) is 11.4. The molecule has 4 aromatic carbocycles. The summed E-state index contributed by atoms with van der Waals surface area (Å²) < 4.78 is 27.9. The Balaban J connectivity index is 1.43. The smallest absolute Gasteiger partial charge is 0.257 e. The number of primary amides is 1. The Morgan fingerprint density at radius 1 is 0.770 bits per heavy atom. The summed E-state index contributed by atoms with van der Waals surface area (Å²) in [5.74, 6) is -3.33. The van der Waals surface area contributed by atoms with Crippen molar-refractivity contribution in [1.29, 1.82) is 0 Å². The van der Waals surface area contributed by atoms with Crippen molar-refractivity contribution in [2.45, 2.75) is 67.3 Å². The molecule has 9 N–H and O–H groups in total. The predicted molar refractivity (Wildman–Crippen MR) is 227 cm³/mol. The van der Waals surface area contributed by atoms with Crippen LogP contribution in [-0.4, -0.2) is 89.7 Å². The standard InChI is InChI=1S/C44H49N9O7S/c1-29(45)40(55)50-35(43(58)52-24-14-23-36(52)42(57)49-34(41(56)48-27-37(46)54)25-30-15-6-2-7-16-30)26-38-51-39(61(47,59)60)28-53(38)44(31-17-8-3-9-18-31,32-19-10-4-11-20-32)33-21-12-5-13-22-33/h2-13,15-22,28-29,34-36H,14,23-27,45H2,1H3,(H2,46,54)(H,48,56)(H,49,57)(H,50,55)(H2,47,59,60)/t29-,34-,35-,36-/m0/s1. The van der Waals surface area contributed by atoms with Gasteiger partial charge in [-0.05, 0) is 42.0 Å². The Hall–Kier alpha value is -6.69. The van der Waals surface area contributed by atoms with Crippen LogP contribution in [0.2, 0.25) is 0 Å². The molecule has 4 atom stereocenters. The highest BCUT2D eigenvalue weighted by atomic mass is 32.2. The van der Waals surface area contributed by atoms with Crippen LogP contribution in [0.15, 0.2) is 133 Å². The van der Waals surface area contributed by atoms with Crippen LogP contribution in [0.25, 0.3) is 0 Å². The van der Waals surface area contributed by atoms with E-state index in [-0.39, 0.29) is 31.6 Å². The lowest BCUT2D eigenvalue weighted by Gasteiger charge is -2.39. The van der Waals surface area contributed by atoms with Crippen LogP contribution in [0.4, 0.5) is 0 Å². The van der Waals surface area contributed by atoms with Gasteiger partial charge in [-0.2, -0.15) is 0 Å². The van der Waals surface area contributed by atoms with E-state index in [0.717, 1.165) is 22.3 Å². The largest absolute Gasteiger partial charge is 0.368 e. The average Bonchev–Trinajstić information content (AvgIpc) is 3.93. The molecular weight excluding hydrogens is 799 g/mol. The Kier molecular flexibility index (Phi) is 13.8. The minimum atomic E-state index is -4.44. The zero-order valence-electron chi connectivity index (χ0n) is 33.5. The molecule has 1 aliphatic rings. The van der Waals surface area contributed by atoms with Crippen LogP contribution in [-0.2, 0) is 52.4 Å². The monoisotopic (exact) mass is 847 g/mol. The van der Waals surface area contributed by atoms with E-state index in [1.165, 1.54) is 18.0 Å². The number of carbonyl (C=O) groups is 5. The van der Waals surface area contributed by atoms with Crippen molar-refractivity contribution in [1.82, 2.24) is 30.4 Å². The summed E-state index contributed by atoms with van der Waals surface area (Å²) in [6.07, 6.45) is 1.69. The molecule has 318 valence electrons. The molecule has 1 aliphatic heterocycles. The van der Waals surface area contributed by atoms with Crippen LogP contribution >= 0.6 is 0 Å². The van der Waals surface area contributed by atoms with Crippen molar-refractivity contribution < 1.29 is 32.4 Å². The number of aromatic nitrogens is 2. The van der Waals surface area contributed by atoms with Crippen molar-refractivity contribution in [3.63, 3.8) is 0 Å². The number of primary sulfonamides is 1. The lowest BCUT2D eigenvalue weighted by atomic mass is 9.76. The van der Waals surface area contributed by atoms with Crippen LogP contribution in [0.5, 0.6) is 0 Å². The van der Waals surface area contributed by atoms with Gasteiger partial charge >= 0.3 is 0 Å². The van der Waals surface area contributed by atoms with Gasteiger partial charge in [0, 0.05) is 25.6 Å². The second-order valence-corrected chi connectivity index (χ2v) is 16.4. The topological polar surface area (TPSA) is 255 Å². The quantitative estimate of drug-likeness (QED) is 0.0731. The number of rotatable bonds is 17. The molecule has 0 bridgehead atoms. The highest BCUT2D eigenvalue weighted by molar-refractivity contribution is 7.89. The molecule has 1 fully saturated rings. The maximum atomic E-state index is 14.9. The van der Waals surface area contributed by atoms with Gasteiger partial charge in [-0.15, -0.1) is 0 Å². The Labute approximate surface area is 353 Å². The normalized spacial score (nSPS) is 15.6. The minimum absolute atomic E-state index is 0.0677. The van der Waals surface area contributed by atoms with Gasteiger partial charge in [0.2, 0.25) is 29.5 Å². The van der Waals surface area contributed by atoms with Crippen LogP contribution < -0.4 is 32.6 Å². The van der Waals surface area contributed by atoms with Gasteiger partial charge in [0.15, 0.2) is 5.03 Å². The van der Waals surface area contributed by atoms with Crippen molar-refractivity contribution in [3.8, 4) is 0 Å². The van der Waals surface area contributed by atoms with Gasteiger partial charge in [-0.25, -0.2) is 18.5 Å². The molecule has 0 radical (unpaired) electrons. The molecule has 2 heterocycles. The first-order valence-electron chi connectivity index (χ1n) is 19.7. The van der Waals surface area contributed by atoms with Crippen molar-refractivity contribution in [3.05, 3.63) is 156 Å². The molecule has 17 heteroatoms. The number of benzene rings is 4. The molecule has 0 saturated carbocycles. The lowest BCUT2D eigenvalue weighted by molar-refractivity contribution is -0.142. The van der Waals surface area contributed by atoms with E-state index in [0.29, 0.717) is 6.42 Å². The molecule has 0 spiro atoms. The van der Waals surface area contributed by atoms with Crippen LogP contribution in [0.3, 0.4) is 0 Å². The summed E-state index contributed by atoms with van der Waals surface area (Å²) in [5, 5.41) is 13.2. The third kappa shape index (κ3) is 10.0. The Morgan fingerprint density at radius 2 is 1.30 bits per heavy atom. The van der Waals surface area contributed by atoms with Crippen molar-refractivity contribution >= 4 is 39.6 Å². The molecule has 1 aromatic heterocycles. The number of nitrogens with one attached hydrogen (secondary N) is 3. The summed E-state index contributed by atoms with van der Waals surface area (Å²) in [5.41, 5.74) is 12.8. The number of carbonyl (C=O) groups excluding carboxylic acids is 5. The van der Waals surface area contributed by atoms with E-state index in [1.54, 1.807) is 34.9 Å². The zero-order valence-corrected chi connectivity index (χ0v) is 34.3. The van der Waals surface area contributed by atoms with Gasteiger partial charge < -0.3 is 36.9 Å². The summed E-state index contributed by atoms with van der Waals surface area (Å²) in [7, 11) is -4.44. The summed E-state index contributed by atoms with van der Waals surface area (Å²) in [6.45, 7) is 1.12. The van der Waals surface area contributed by atoms with Gasteiger partial charge in [0.1, 0.15) is 29.5 Å². The van der Waals surface area contributed by atoms with E-state index in [4.69, 9.17) is 16.6 Å². The number of hydrogen-bond donors (Lipinski definition) is 6. The first kappa shape index (κ1) is 43.9. The average molecular weight is 848 g/mol. The summed E-state index contributed by atoms with van der Waals surface area (Å²) in [6, 6.07) is 32.3. The number of likely N-dealkylation sites (tertiary alicyclic amines) is 1. The van der Waals surface area contributed by atoms with Crippen molar-refractivity contribution in [2.24, 2.45) is 16.6 Å². The first-order chi connectivity index (χ1) is 29.2. The predicted octanol–water partition coefficient (Wildman–Crippen LogP) is 1.07. The van der Waals surface area contributed by atoms with E-state index < -0.39 is 80.8 Å². The Bertz CT molecular complexity index is 2350. The highest BCUT2D eigenvalue weighted by Gasteiger charge is 2.44. The molecule has 5 aromatic rings. The SMILES string of the molecule is C[C@H](N)C(=O)N[C@@H](Cc1nc(S(N)(=O)=O)cn1C(c1ccccc1)(c1ccccc1)c1ccccc1)C(=O)N1CCC[C@H]1C(=O)N[C@@H](Cc1ccccc1)C(=O)NCC(N)=O. The Morgan fingerprint density at radius 3 is 1.79 bits per heavy atom. The van der Waals surface area contributed by atoms with Gasteiger partial charge in [0.05, 0.1) is 12.6 Å². The van der Waals surface area contributed by atoms with E-state index >= 15 is 0 Å². The lowest BCUT2D eigenvalue weighted by Crippen LogP contribution is -2.58. The summed E-state index contributed by atoms with van der Waals surface area (Å²) >= 11 is 0. The first-order valence-corrected chi connectivity index (χ1v) is 21.3. The number of imidazole rings is 1. The molecular formula is C44H49N9O7S. The number of hydrogen-bond acceptors (Lipinski definition) is 9. The number of nitrogens with two attached hydrogens (primary N) is 3. The second-order valence-electron chi connectivity index (χ2n) is 14.9. The third-order valence-electron chi connectivity index (χ3n) is 10.6. The molecule has 61 heavy (non-hydrogen) atoms. The minimum Gasteiger partial charge on any atom is -0.368 e. The fourth-order valence-electron chi connectivity index (χ4n) is 7.74. The second kappa shape index (κ2) is 19.1. The van der Waals surface area contributed by atoms with E-state index in [9.17, 15) is 32.4 Å². The van der Waals surface area contributed by atoms with Crippen LogP contribution in [0, 0.1) is 0 Å². The number of amides is 5. The maximum Gasteiger partial charge on any atom is 0.257 e. The van der Waals surface area contributed by atoms with Gasteiger partial charge in [0.25, 0.3) is 10.0 Å². The number of sulfonamides is 1. The maximum absolute atomic E-state index is 14.9. The zero-order chi connectivity index (χ0) is 43.7. The fraction of sp³-hybridized carbons (Fsp3) is 0.273. The van der Waals surface area contributed by atoms with Gasteiger partial charge in [-0.3, -0.25) is 24.0 Å². The van der Waals surface area contributed by atoms with Crippen molar-refractivity contribution in [2.75, 3.05) is 13.1 Å². The van der Waals surface area contributed by atoms with Gasteiger partial charge in [-0.1, -0.05) is 121 Å². The number of nitrogens with zero attached hydrogens (tertiary/aromatic N) is 3. The summed E-state index contributed by atoms with van der Waals surface area (Å²) in [4.78, 5) is 73.0.